The molecule has 0 aromatic heterocycles. The summed E-state index contributed by atoms with van der Waals surface area (Å²) < 4.78 is 12.1. The molecule has 11 heteroatoms. The summed E-state index contributed by atoms with van der Waals surface area (Å²) in [6.45, 7) is 12.4. The number of nitrogens with one attached hydrogen (secondary N) is 3. The van der Waals surface area contributed by atoms with Gasteiger partial charge in [0.05, 0.1) is 18.5 Å². The van der Waals surface area contributed by atoms with E-state index < -0.39 is 23.0 Å². The molecular formula is C37H54N6O5. The van der Waals surface area contributed by atoms with Crippen LogP contribution in [0, 0.1) is 11.8 Å². The molecule has 0 unspecified atom stereocenters. The average molecular weight is 663 g/mol. The van der Waals surface area contributed by atoms with Crippen molar-refractivity contribution in [2.24, 2.45) is 28.3 Å². The van der Waals surface area contributed by atoms with Crippen LogP contribution < -0.4 is 27.4 Å². The number of ketones is 2. The Morgan fingerprint density at radius 3 is 2.67 bits per heavy atom. The van der Waals surface area contributed by atoms with E-state index in [1.807, 2.05) is 38.1 Å². The van der Waals surface area contributed by atoms with E-state index in [0.717, 1.165) is 42.5 Å². The first-order chi connectivity index (χ1) is 22.9. The molecule has 0 saturated carbocycles. The maximum atomic E-state index is 14.5. The van der Waals surface area contributed by atoms with Gasteiger partial charge in [0.2, 0.25) is 5.78 Å². The molecule has 0 bridgehead atoms. The normalized spacial score (nSPS) is 23.4. The zero-order valence-corrected chi connectivity index (χ0v) is 29.4. The molecule has 0 amide bonds. The zero-order valence-electron chi connectivity index (χ0n) is 29.4. The highest BCUT2D eigenvalue weighted by atomic mass is 16.7. The predicted octanol–water partition coefficient (Wildman–Crippen LogP) is 3.69. The number of esters is 1. The number of aliphatic imine (C=N–C) groups is 1. The Balaban J connectivity index is 1.67. The summed E-state index contributed by atoms with van der Waals surface area (Å²) in [5.41, 5.74) is 11.5. The van der Waals surface area contributed by atoms with Crippen LogP contribution in [-0.4, -0.2) is 74.0 Å². The number of Topliss-reactive ketones (excluding diaryl/α,β-unsaturated/α-hetero) is 2. The first-order valence-electron chi connectivity index (χ1n) is 17.3. The second kappa shape index (κ2) is 16.0. The lowest BCUT2D eigenvalue weighted by atomic mass is 9.70. The number of hydrogen-bond acceptors (Lipinski definition) is 9. The molecular weight excluding hydrogens is 608 g/mol. The number of carbonyl (C=O) groups is 3. The molecule has 1 fully saturated rings. The van der Waals surface area contributed by atoms with Gasteiger partial charge >= 0.3 is 5.97 Å². The Morgan fingerprint density at radius 2 is 2.00 bits per heavy atom. The van der Waals surface area contributed by atoms with Crippen LogP contribution >= 0.6 is 0 Å². The molecule has 1 aromatic rings. The first kappa shape index (κ1) is 36.9. The van der Waals surface area contributed by atoms with Crippen LogP contribution in [0.1, 0.15) is 93.0 Å². The molecule has 48 heavy (non-hydrogen) atoms. The van der Waals surface area contributed by atoms with Gasteiger partial charge in [-0.05, 0) is 55.9 Å². The molecule has 0 spiro atoms. The lowest BCUT2D eigenvalue weighted by Crippen LogP contribution is -2.51. The quantitative estimate of drug-likeness (QED) is 0.0414. The summed E-state index contributed by atoms with van der Waals surface area (Å²) in [5.74, 6) is -0.514. The summed E-state index contributed by atoms with van der Waals surface area (Å²) >= 11 is 0. The van der Waals surface area contributed by atoms with Crippen molar-refractivity contribution in [3.63, 3.8) is 0 Å². The van der Waals surface area contributed by atoms with E-state index in [2.05, 4.69) is 41.7 Å². The number of hydrogen-bond donors (Lipinski definition) is 5. The van der Waals surface area contributed by atoms with E-state index >= 15 is 0 Å². The highest BCUT2D eigenvalue weighted by Gasteiger charge is 2.85. The number of nitrogens with zero attached hydrogens (tertiary/aromatic N) is 1. The Bertz CT molecular complexity index is 1490. The number of ether oxygens (including phenoxy) is 2. The second-order valence-corrected chi connectivity index (χ2v) is 13.6. The molecule has 262 valence electrons. The first-order valence-corrected chi connectivity index (χ1v) is 17.3. The number of carbonyl (C=O) groups excluding carboxylic acids is 3. The molecule has 4 rings (SSSR count). The van der Waals surface area contributed by atoms with Crippen molar-refractivity contribution in [3.8, 4) is 0 Å². The van der Waals surface area contributed by atoms with Crippen LogP contribution in [0.4, 0.5) is 0 Å². The van der Waals surface area contributed by atoms with E-state index in [-0.39, 0.29) is 48.2 Å². The van der Waals surface area contributed by atoms with Crippen LogP contribution in [0.15, 0.2) is 58.4 Å². The second-order valence-electron chi connectivity index (χ2n) is 13.6. The topological polar surface area (TPSA) is 173 Å². The lowest BCUT2D eigenvalue weighted by Gasteiger charge is -2.27. The number of fused-ring (bicyclic) bond motifs is 2. The average Bonchev–Trinajstić information content (AvgIpc) is 3.77. The van der Waals surface area contributed by atoms with Crippen LogP contribution in [-0.2, 0) is 20.7 Å². The van der Waals surface area contributed by atoms with Crippen molar-refractivity contribution in [3.05, 3.63) is 70.1 Å². The number of nitrogens with two attached hydrogens (primary N) is 2. The van der Waals surface area contributed by atoms with Crippen LogP contribution in [0.2, 0.25) is 0 Å². The Morgan fingerprint density at radius 1 is 1.23 bits per heavy atom. The smallest absolute Gasteiger partial charge is 0.350 e. The van der Waals surface area contributed by atoms with Crippen molar-refractivity contribution in [1.82, 2.24) is 16.0 Å². The van der Waals surface area contributed by atoms with Gasteiger partial charge in [-0.2, -0.15) is 0 Å². The number of rotatable bonds is 17. The maximum absolute atomic E-state index is 14.5. The lowest BCUT2D eigenvalue weighted by molar-refractivity contribution is -0.149. The summed E-state index contributed by atoms with van der Waals surface area (Å²) in [5, 5.41) is 9.65. The fraction of sp³-hybridized carbons (Fsp3) is 0.568. The van der Waals surface area contributed by atoms with Crippen molar-refractivity contribution in [2.45, 2.75) is 90.4 Å². The van der Waals surface area contributed by atoms with Gasteiger partial charge in [-0.1, -0.05) is 76.5 Å². The number of unbranched alkanes of at least 4 members (excludes halogenated alkanes) is 1. The summed E-state index contributed by atoms with van der Waals surface area (Å²) in [4.78, 5) is 47.0. The fourth-order valence-corrected chi connectivity index (χ4v) is 6.73. The summed E-state index contributed by atoms with van der Waals surface area (Å²) in [6, 6.07) is 5.07. The third-order valence-corrected chi connectivity index (χ3v) is 9.37. The van der Waals surface area contributed by atoms with Crippen LogP contribution in [0.25, 0.3) is 0 Å². The number of dihydropyridines is 1. The molecule has 2 aliphatic heterocycles. The zero-order chi connectivity index (χ0) is 35.1. The molecule has 4 atom stereocenters. The van der Waals surface area contributed by atoms with Crippen molar-refractivity contribution in [1.29, 1.82) is 0 Å². The minimum atomic E-state index is -2.03. The van der Waals surface area contributed by atoms with Gasteiger partial charge in [-0.15, -0.1) is 0 Å². The Hall–Kier alpha value is -3.96. The summed E-state index contributed by atoms with van der Waals surface area (Å²) in [7, 11) is 1.60. The maximum Gasteiger partial charge on any atom is 0.350 e. The summed E-state index contributed by atoms with van der Waals surface area (Å²) in [6.07, 6.45) is 9.76. The number of benzene rings is 1. The Labute approximate surface area is 285 Å². The minimum Gasteiger partial charge on any atom is -0.463 e. The molecule has 0 radical (unpaired) electrons. The van der Waals surface area contributed by atoms with Gasteiger partial charge in [0.25, 0.3) is 5.60 Å². The predicted molar refractivity (Wildman–Crippen MR) is 189 cm³/mol. The number of guanidine groups is 1. The highest BCUT2D eigenvalue weighted by Crippen LogP contribution is 2.59. The van der Waals surface area contributed by atoms with E-state index in [0.29, 0.717) is 37.3 Å². The molecule has 2 heterocycles. The van der Waals surface area contributed by atoms with Gasteiger partial charge < -0.3 is 36.9 Å². The van der Waals surface area contributed by atoms with Crippen molar-refractivity contribution < 1.29 is 23.9 Å². The standard InChI is InChI=1S/C37H54N6O5/c1-7-9-11-25(21-41-8-2)22-47-34(46)37-33(45)31-27(18-23(3)4)12-10-13-28(31)32(44)36(37,48-37)16-14-24(5)19-29(43-35(39)40-6)26-15-17-42-30(38)20-26/h10,12-15,20,23,25,29,41-42H,7-9,11,16-19,21-22,38H2,1-6H3,(H3,39,40,43)/b24-14+/t25-,29-,36+,37+/m1/s1. The largest absolute Gasteiger partial charge is 0.463 e. The van der Waals surface area contributed by atoms with Crippen molar-refractivity contribution in [2.75, 3.05) is 33.3 Å². The molecule has 7 N–H and O–H groups in total. The van der Waals surface area contributed by atoms with Crippen LogP contribution in [0.3, 0.4) is 0 Å². The molecule has 1 aliphatic carbocycles. The molecule has 1 saturated heterocycles. The Kier molecular flexibility index (Phi) is 12.3. The van der Waals surface area contributed by atoms with Gasteiger partial charge in [0.15, 0.2) is 17.3 Å². The molecule has 11 nitrogen and oxygen atoms in total. The van der Waals surface area contributed by atoms with Gasteiger partial charge in [0, 0.05) is 43.6 Å². The van der Waals surface area contributed by atoms with E-state index in [1.54, 1.807) is 19.2 Å². The monoisotopic (exact) mass is 662 g/mol. The number of epoxide rings is 1. The van der Waals surface area contributed by atoms with E-state index in [1.165, 1.54) is 0 Å². The molecule has 1 aromatic carbocycles. The van der Waals surface area contributed by atoms with E-state index in [4.69, 9.17) is 20.9 Å². The highest BCUT2D eigenvalue weighted by molar-refractivity contribution is 6.33. The third-order valence-electron chi connectivity index (χ3n) is 9.37. The van der Waals surface area contributed by atoms with E-state index in [9.17, 15) is 14.4 Å². The fourth-order valence-electron chi connectivity index (χ4n) is 6.73. The van der Waals surface area contributed by atoms with Gasteiger partial charge in [-0.3, -0.25) is 14.6 Å². The minimum absolute atomic E-state index is 0.0334. The van der Waals surface area contributed by atoms with Crippen LogP contribution in [0.5, 0.6) is 0 Å². The van der Waals surface area contributed by atoms with Gasteiger partial charge in [-0.25, -0.2) is 4.79 Å². The van der Waals surface area contributed by atoms with Gasteiger partial charge in [0.1, 0.15) is 0 Å². The molecule has 3 aliphatic rings. The third kappa shape index (κ3) is 7.68. The SMILES string of the molecule is CCCC[C@H](CNCC)COC(=O)[C@]12O[C@@]1(C/C=C(\C)C[C@@H](NC(N)=NC)C1=CCNC(N)=C1)C(=O)c1cccc(CC(C)C)c1C2=O. The van der Waals surface area contributed by atoms with Crippen molar-refractivity contribution >= 4 is 23.5 Å².